The van der Waals surface area contributed by atoms with Gasteiger partial charge in [0, 0.05) is 40.0 Å². The Morgan fingerprint density at radius 1 is 0.391 bits per heavy atom. The van der Waals surface area contributed by atoms with E-state index in [9.17, 15) is 0 Å². The molecule has 64 heavy (non-hydrogen) atoms. The fourth-order valence-electron chi connectivity index (χ4n) is 11.1. The molecule has 1 aromatic heterocycles. The van der Waals surface area contributed by atoms with Crippen LogP contribution in [0.2, 0.25) is 0 Å². The summed E-state index contributed by atoms with van der Waals surface area (Å²) in [6.45, 7) is 0. The van der Waals surface area contributed by atoms with Crippen LogP contribution in [0.1, 0.15) is 34.2 Å². The van der Waals surface area contributed by atoms with Crippen LogP contribution in [0.15, 0.2) is 248 Å². The Bertz CT molecular complexity index is 3500. The Kier molecular flexibility index (Phi) is 8.23. The summed E-state index contributed by atoms with van der Waals surface area (Å²) in [5, 5.41) is 2.51. The number of aromatic nitrogens is 1. The normalized spacial score (nSPS) is 14.1. The van der Waals surface area contributed by atoms with Crippen LogP contribution in [-0.2, 0) is 5.41 Å². The predicted octanol–water partition coefficient (Wildman–Crippen LogP) is 15.9. The van der Waals surface area contributed by atoms with E-state index in [1.165, 1.54) is 100.0 Å². The molecule has 0 N–H and O–H groups in total. The summed E-state index contributed by atoms with van der Waals surface area (Å²) < 4.78 is 2.38. The largest absolute Gasteiger partial charge is 0.314 e. The maximum absolute atomic E-state index is 2.50. The average Bonchev–Trinajstić information content (AvgIpc) is 3.88. The van der Waals surface area contributed by atoms with E-state index in [0.717, 1.165) is 17.8 Å². The molecule has 0 bridgehead atoms. The topological polar surface area (TPSA) is 8.17 Å². The second-order valence-electron chi connectivity index (χ2n) is 17.2. The number of fused-ring (bicyclic) bond motifs is 13. The van der Waals surface area contributed by atoms with Crippen LogP contribution in [0.5, 0.6) is 0 Å². The first kappa shape index (κ1) is 36.5. The molecule has 0 saturated heterocycles. The standard InChI is InChI=1S/C62H42N2/c1-3-16-42(17-4-1)44-31-35-48(36-32-44)63(47-21-15-18-43(30-34-47)45-33-39-61-55(40-45)54-25-10-14-29-60(54)64(61)46-19-5-2-6-20-46)49-37-38-53-52-24-9-13-28-58(52)62(59(53)41-49)56-26-11-7-22-50(56)51-23-8-12-27-57(51)62/h1-20,22-41H,21H2. The minimum atomic E-state index is -0.426. The maximum atomic E-state index is 2.50. The van der Waals surface area contributed by atoms with Gasteiger partial charge in [-0.25, -0.2) is 0 Å². The molecule has 3 aliphatic rings. The Balaban J connectivity index is 0.975. The zero-order chi connectivity index (χ0) is 42.2. The van der Waals surface area contributed by atoms with Crippen molar-refractivity contribution in [1.29, 1.82) is 0 Å². The molecular formula is C62H42N2. The van der Waals surface area contributed by atoms with Crippen molar-refractivity contribution < 1.29 is 0 Å². The molecule has 0 unspecified atom stereocenters. The van der Waals surface area contributed by atoms with E-state index < -0.39 is 5.41 Å². The van der Waals surface area contributed by atoms with Gasteiger partial charge in [-0.3, -0.25) is 0 Å². The molecule has 0 aliphatic heterocycles. The summed E-state index contributed by atoms with van der Waals surface area (Å²) in [5.41, 5.74) is 22.1. The van der Waals surface area contributed by atoms with Gasteiger partial charge in [-0.1, -0.05) is 182 Å². The van der Waals surface area contributed by atoms with Crippen LogP contribution in [0.25, 0.3) is 66.4 Å². The number of nitrogens with zero attached hydrogens (tertiary/aromatic N) is 2. The Morgan fingerprint density at radius 2 is 0.938 bits per heavy atom. The highest BCUT2D eigenvalue weighted by molar-refractivity contribution is 6.10. The van der Waals surface area contributed by atoms with E-state index in [-0.39, 0.29) is 0 Å². The smallest absolute Gasteiger partial charge is 0.0726 e. The summed E-state index contributed by atoms with van der Waals surface area (Å²) in [4.78, 5) is 2.49. The lowest BCUT2D eigenvalue weighted by molar-refractivity contribution is 0.793. The van der Waals surface area contributed by atoms with E-state index in [1.54, 1.807) is 0 Å². The van der Waals surface area contributed by atoms with Crippen molar-refractivity contribution in [1.82, 2.24) is 4.57 Å². The summed E-state index contributed by atoms with van der Waals surface area (Å²) in [6.07, 6.45) is 10.1. The lowest BCUT2D eigenvalue weighted by Crippen LogP contribution is -2.26. The number of allylic oxidation sites excluding steroid dienone is 5. The van der Waals surface area contributed by atoms with Crippen LogP contribution in [0.3, 0.4) is 0 Å². The van der Waals surface area contributed by atoms with Crippen molar-refractivity contribution in [3.63, 3.8) is 0 Å². The van der Waals surface area contributed by atoms with Crippen LogP contribution >= 0.6 is 0 Å². The molecule has 0 fully saturated rings. The van der Waals surface area contributed by atoms with Gasteiger partial charge in [0.25, 0.3) is 0 Å². The lowest BCUT2D eigenvalue weighted by Gasteiger charge is -2.32. The van der Waals surface area contributed by atoms with Gasteiger partial charge in [0.2, 0.25) is 0 Å². The van der Waals surface area contributed by atoms with E-state index in [4.69, 9.17) is 0 Å². The second-order valence-corrected chi connectivity index (χ2v) is 17.2. The summed E-state index contributed by atoms with van der Waals surface area (Å²) >= 11 is 0. The van der Waals surface area contributed by atoms with Gasteiger partial charge in [-0.15, -0.1) is 0 Å². The number of hydrogen-bond acceptors (Lipinski definition) is 1. The summed E-state index contributed by atoms with van der Waals surface area (Å²) in [6, 6.07) is 80.6. The van der Waals surface area contributed by atoms with Crippen LogP contribution in [-0.4, -0.2) is 4.57 Å². The number of benzene rings is 9. The molecule has 0 amide bonds. The minimum absolute atomic E-state index is 0.426. The number of rotatable bonds is 6. The fourth-order valence-corrected chi connectivity index (χ4v) is 11.1. The quantitative estimate of drug-likeness (QED) is 0.162. The fraction of sp³-hybridized carbons (Fsp3) is 0.0323. The third-order valence-electron chi connectivity index (χ3n) is 13.9. The molecule has 0 radical (unpaired) electrons. The van der Waals surface area contributed by atoms with E-state index in [0.29, 0.717) is 0 Å². The van der Waals surface area contributed by atoms with E-state index >= 15 is 0 Å². The second kappa shape index (κ2) is 14.4. The van der Waals surface area contributed by atoms with Crippen molar-refractivity contribution in [3.05, 3.63) is 276 Å². The van der Waals surface area contributed by atoms with E-state index in [1.807, 2.05) is 0 Å². The molecule has 300 valence electrons. The van der Waals surface area contributed by atoms with E-state index in [2.05, 4.69) is 252 Å². The van der Waals surface area contributed by atoms with Gasteiger partial charge in [0.15, 0.2) is 0 Å². The van der Waals surface area contributed by atoms with Crippen LogP contribution < -0.4 is 4.90 Å². The zero-order valence-corrected chi connectivity index (χ0v) is 35.2. The summed E-state index contributed by atoms with van der Waals surface area (Å²) in [5.74, 6) is 0. The third-order valence-corrected chi connectivity index (χ3v) is 13.9. The first-order valence-corrected chi connectivity index (χ1v) is 22.3. The Morgan fingerprint density at radius 3 is 1.64 bits per heavy atom. The molecule has 0 saturated carbocycles. The molecule has 2 heteroatoms. The molecule has 13 rings (SSSR count). The van der Waals surface area contributed by atoms with Crippen molar-refractivity contribution in [2.75, 3.05) is 4.90 Å². The summed E-state index contributed by atoms with van der Waals surface area (Å²) in [7, 11) is 0. The molecule has 9 aromatic carbocycles. The van der Waals surface area contributed by atoms with Gasteiger partial charge >= 0.3 is 0 Å². The first-order valence-electron chi connectivity index (χ1n) is 22.3. The molecule has 1 heterocycles. The zero-order valence-electron chi connectivity index (χ0n) is 35.2. The monoisotopic (exact) mass is 814 g/mol. The molecule has 2 nitrogen and oxygen atoms in total. The van der Waals surface area contributed by atoms with Gasteiger partial charge in [-0.05, 0) is 127 Å². The Labute approximate surface area is 373 Å². The van der Waals surface area contributed by atoms with Crippen molar-refractivity contribution in [2.45, 2.75) is 11.8 Å². The lowest BCUT2D eigenvalue weighted by atomic mass is 9.70. The minimum Gasteiger partial charge on any atom is -0.314 e. The predicted molar refractivity (Wildman–Crippen MR) is 267 cm³/mol. The Hall–Kier alpha value is -8.20. The molecule has 0 atom stereocenters. The molecular weight excluding hydrogens is 773 g/mol. The maximum Gasteiger partial charge on any atom is 0.0726 e. The average molecular weight is 815 g/mol. The van der Waals surface area contributed by atoms with Crippen LogP contribution in [0.4, 0.5) is 11.4 Å². The SMILES string of the molecule is C1=CC(c2ccc3c(c2)c2ccccc2n3-c2ccccc2)=CC=C(N(c2ccc(-c3ccccc3)cc2)c2ccc3c(c2)C2(c4ccccc4-c4ccccc42)c2ccccc2-3)C1. The van der Waals surface area contributed by atoms with Gasteiger partial charge in [0.1, 0.15) is 0 Å². The van der Waals surface area contributed by atoms with Crippen molar-refractivity contribution in [3.8, 4) is 39.1 Å². The highest BCUT2D eigenvalue weighted by Crippen LogP contribution is 2.63. The first-order chi connectivity index (χ1) is 31.8. The van der Waals surface area contributed by atoms with Crippen molar-refractivity contribution in [2.24, 2.45) is 0 Å². The van der Waals surface area contributed by atoms with Crippen molar-refractivity contribution >= 4 is 38.8 Å². The molecule has 10 aromatic rings. The van der Waals surface area contributed by atoms with Gasteiger partial charge in [-0.2, -0.15) is 0 Å². The van der Waals surface area contributed by atoms with Crippen LogP contribution in [0, 0.1) is 0 Å². The van der Waals surface area contributed by atoms with Gasteiger partial charge < -0.3 is 9.47 Å². The highest BCUT2D eigenvalue weighted by atomic mass is 15.1. The number of hydrogen-bond donors (Lipinski definition) is 0. The number of anilines is 2. The van der Waals surface area contributed by atoms with Gasteiger partial charge in [0.05, 0.1) is 16.4 Å². The number of para-hydroxylation sites is 2. The molecule has 1 spiro atoms. The highest BCUT2D eigenvalue weighted by Gasteiger charge is 2.51. The molecule has 3 aliphatic carbocycles. The third kappa shape index (κ3) is 5.39.